The third-order valence-corrected chi connectivity index (χ3v) is 3.39. The average molecular weight is 269 g/mol. The zero-order chi connectivity index (χ0) is 13.1. The summed E-state index contributed by atoms with van der Waals surface area (Å²) in [5.74, 6) is 1.23. The fourth-order valence-corrected chi connectivity index (χ4v) is 2.09. The van der Waals surface area contributed by atoms with Crippen LogP contribution in [0.4, 0.5) is 10.5 Å². The zero-order valence-electron chi connectivity index (χ0n) is 10.5. The Labute approximate surface area is 112 Å². The summed E-state index contributed by atoms with van der Waals surface area (Å²) in [6.45, 7) is 2.03. The minimum absolute atomic E-state index is 0.198. The van der Waals surface area contributed by atoms with Gasteiger partial charge in [-0.15, -0.1) is 0 Å². The van der Waals surface area contributed by atoms with Crippen molar-refractivity contribution in [1.82, 2.24) is 5.32 Å². The largest absolute Gasteiger partial charge is 0.495 e. The van der Waals surface area contributed by atoms with Gasteiger partial charge >= 0.3 is 6.03 Å². The number of urea groups is 1. The van der Waals surface area contributed by atoms with E-state index in [1.54, 1.807) is 25.3 Å². The van der Waals surface area contributed by atoms with E-state index in [1.165, 1.54) is 12.8 Å². The van der Waals surface area contributed by atoms with Gasteiger partial charge in [-0.3, -0.25) is 0 Å². The standard InChI is InChI=1S/C13H17ClN2O2/c1-8(9-3-4-9)15-13(17)16-10-5-6-12(18-2)11(14)7-10/h5-9H,3-4H2,1-2H3,(H2,15,16,17). The predicted molar refractivity (Wildman–Crippen MR) is 72.3 cm³/mol. The molecule has 0 saturated heterocycles. The van der Waals surface area contributed by atoms with Crippen LogP contribution in [0, 0.1) is 5.92 Å². The van der Waals surface area contributed by atoms with Crippen molar-refractivity contribution in [3.8, 4) is 5.75 Å². The molecular weight excluding hydrogens is 252 g/mol. The SMILES string of the molecule is COc1ccc(NC(=O)NC(C)C2CC2)cc1Cl. The molecule has 1 saturated carbocycles. The van der Waals surface area contributed by atoms with Gasteiger partial charge in [0.25, 0.3) is 0 Å². The number of hydrogen-bond acceptors (Lipinski definition) is 2. The van der Waals surface area contributed by atoms with Crippen molar-refractivity contribution < 1.29 is 9.53 Å². The highest BCUT2D eigenvalue weighted by molar-refractivity contribution is 6.32. The summed E-state index contributed by atoms with van der Waals surface area (Å²) in [6.07, 6.45) is 2.41. The normalized spacial score (nSPS) is 15.9. The van der Waals surface area contributed by atoms with Crippen LogP contribution in [0.5, 0.6) is 5.75 Å². The molecule has 0 bridgehead atoms. The molecule has 5 heteroatoms. The maximum absolute atomic E-state index is 11.7. The van der Waals surface area contributed by atoms with E-state index in [9.17, 15) is 4.79 Å². The molecule has 2 amide bonds. The van der Waals surface area contributed by atoms with Crippen molar-refractivity contribution in [1.29, 1.82) is 0 Å². The van der Waals surface area contributed by atoms with Crippen LogP contribution in [0.1, 0.15) is 19.8 Å². The second-order valence-corrected chi connectivity index (χ2v) is 4.98. The second-order valence-electron chi connectivity index (χ2n) is 4.57. The Morgan fingerprint density at radius 3 is 2.78 bits per heavy atom. The summed E-state index contributed by atoms with van der Waals surface area (Å²) >= 11 is 5.98. The Kier molecular flexibility index (Phi) is 3.97. The fraction of sp³-hybridized carbons (Fsp3) is 0.462. The molecule has 1 aromatic carbocycles. The van der Waals surface area contributed by atoms with Crippen LogP contribution in [0.25, 0.3) is 0 Å². The minimum atomic E-state index is -0.198. The molecule has 0 heterocycles. The second kappa shape index (κ2) is 5.48. The number of nitrogens with one attached hydrogen (secondary N) is 2. The first kappa shape index (κ1) is 13.0. The number of halogens is 1. The topological polar surface area (TPSA) is 50.4 Å². The molecule has 18 heavy (non-hydrogen) atoms. The number of benzene rings is 1. The summed E-state index contributed by atoms with van der Waals surface area (Å²) in [6, 6.07) is 5.17. The highest BCUT2D eigenvalue weighted by Gasteiger charge is 2.28. The van der Waals surface area contributed by atoms with Gasteiger partial charge in [0.15, 0.2) is 0 Å². The number of rotatable bonds is 4. The molecule has 1 aromatic rings. The van der Waals surface area contributed by atoms with Gasteiger partial charge in [0, 0.05) is 11.7 Å². The molecule has 0 aliphatic heterocycles. The summed E-state index contributed by atoms with van der Waals surface area (Å²) in [5.41, 5.74) is 0.654. The van der Waals surface area contributed by atoms with Crippen molar-refractivity contribution in [2.75, 3.05) is 12.4 Å². The zero-order valence-corrected chi connectivity index (χ0v) is 11.3. The molecule has 2 N–H and O–H groups in total. The smallest absolute Gasteiger partial charge is 0.319 e. The van der Waals surface area contributed by atoms with Gasteiger partial charge < -0.3 is 15.4 Å². The lowest BCUT2D eigenvalue weighted by molar-refractivity contribution is 0.248. The Balaban J connectivity index is 1.91. The van der Waals surface area contributed by atoms with E-state index >= 15 is 0 Å². The first-order valence-corrected chi connectivity index (χ1v) is 6.39. The third-order valence-electron chi connectivity index (χ3n) is 3.10. The molecule has 2 rings (SSSR count). The van der Waals surface area contributed by atoms with Gasteiger partial charge in [-0.05, 0) is 43.9 Å². The first-order valence-electron chi connectivity index (χ1n) is 6.01. The van der Waals surface area contributed by atoms with E-state index in [2.05, 4.69) is 10.6 Å². The monoisotopic (exact) mass is 268 g/mol. The average Bonchev–Trinajstić information content (AvgIpc) is 3.12. The van der Waals surface area contributed by atoms with Gasteiger partial charge in [0.05, 0.1) is 12.1 Å². The Bertz CT molecular complexity index is 447. The van der Waals surface area contributed by atoms with E-state index in [0.29, 0.717) is 22.4 Å². The Morgan fingerprint density at radius 1 is 1.50 bits per heavy atom. The number of amides is 2. The molecule has 1 fully saturated rings. The van der Waals surface area contributed by atoms with Crippen molar-refractivity contribution in [3.63, 3.8) is 0 Å². The van der Waals surface area contributed by atoms with Gasteiger partial charge in [-0.25, -0.2) is 4.79 Å². The molecule has 1 aliphatic rings. The molecule has 1 unspecified atom stereocenters. The number of carbonyl (C=O) groups is 1. The van der Waals surface area contributed by atoms with Crippen molar-refractivity contribution in [2.24, 2.45) is 5.92 Å². The molecular formula is C13H17ClN2O2. The lowest BCUT2D eigenvalue weighted by Crippen LogP contribution is -2.37. The van der Waals surface area contributed by atoms with Crippen LogP contribution in [0.3, 0.4) is 0 Å². The van der Waals surface area contributed by atoms with Gasteiger partial charge in [0.1, 0.15) is 5.75 Å². The van der Waals surface area contributed by atoms with E-state index in [0.717, 1.165) is 0 Å². The Hall–Kier alpha value is -1.42. The number of ether oxygens (including phenoxy) is 1. The van der Waals surface area contributed by atoms with Crippen molar-refractivity contribution >= 4 is 23.3 Å². The van der Waals surface area contributed by atoms with Crippen LogP contribution in [-0.2, 0) is 0 Å². The molecule has 0 aromatic heterocycles. The van der Waals surface area contributed by atoms with Gasteiger partial charge in [-0.1, -0.05) is 11.6 Å². The van der Waals surface area contributed by atoms with E-state index in [1.807, 2.05) is 6.92 Å². The number of anilines is 1. The molecule has 98 valence electrons. The highest BCUT2D eigenvalue weighted by Crippen LogP contribution is 2.32. The Morgan fingerprint density at radius 2 is 2.22 bits per heavy atom. The lowest BCUT2D eigenvalue weighted by Gasteiger charge is -2.14. The first-order chi connectivity index (χ1) is 8.60. The van der Waals surface area contributed by atoms with Gasteiger partial charge in [-0.2, -0.15) is 0 Å². The lowest BCUT2D eigenvalue weighted by atomic mass is 10.2. The number of methoxy groups -OCH3 is 1. The molecule has 1 atom stereocenters. The molecule has 0 radical (unpaired) electrons. The summed E-state index contributed by atoms with van der Waals surface area (Å²) in [7, 11) is 1.55. The van der Waals surface area contributed by atoms with E-state index in [4.69, 9.17) is 16.3 Å². The highest BCUT2D eigenvalue weighted by atomic mass is 35.5. The van der Waals surface area contributed by atoms with Crippen LogP contribution < -0.4 is 15.4 Å². The molecule has 4 nitrogen and oxygen atoms in total. The van der Waals surface area contributed by atoms with Crippen LogP contribution >= 0.6 is 11.6 Å². The van der Waals surface area contributed by atoms with Crippen LogP contribution in [0.2, 0.25) is 5.02 Å². The van der Waals surface area contributed by atoms with Crippen molar-refractivity contribution in [2.45, 2.75) is 25.8 Å². The number of carbonyl (C=O) groups excluding carboxylic acids is 1. The summed E-state index contributed by atoms with van der Waals surface area (Å²) in [4.78, 5) is 11.7. The van der Waals surface area contributed by atoms with Crippen LogP contribution in [0.15, 0.2) is 18.2 Å². The quantitative estimate of drug-likeness (QED) is 0.881. The van der Waals surface area contributed by atoms with E-state index < -0.39 is 0 Å². The van der Waals surface area contributed by atoms with E-state index in [-0.39, 0.29) is 12.1 Å². The predicted octanol–water partition coefficient (Wildman–Crippen LogP) is 3.27. The molecule has 1 aliphatic carbocycles. The van der Waals surface area contributed by atoms with Gasteiger partial charge in [0.2, 0.25) is 0 Å². The minimum Gasteiger partial charge on any atom is -0.495 e. The summed E-state index contributed by atoms with van der Waals surface area (Å²) in [5, 5.41) is 6.15. The maximum atomic E-state index is 11.7. The molecule has 0 spiro atoms. The maximum Gasteiger partial charge on any atom is 0.319 e. The van der Waals surface area contributed by atoms with Crippen LogP contribution in [-0.4, -0.2) is 19.2 Å². The third kappa shape index (κ3) is 3.29. The summed E-state index contributed by atoms with van der Waals surface area (Å²) < 4.78 is 5.05. The number of hydrogen-bond donors (Lipinski definition) is 2. The fourth-order valence-electron chi connectivity index (χ4n) is 1.83. The van der Waals surface area contributed by atoms with Crippen molar-refractivity contribution in [3.05, 3.63) is 23.2 Å².